The summed E-state index contributed by atoms with van der Waals surface area (Å²) >= 11 is 0. The zero-order valence-corrected chi connectivity index (χ0v) is 15.0. The minimum absolute atomic E-state index is 0.261. The van der Waals surface area contributed by atoms with E-state index in [9.17, 15) is 4.79 Å². The number of hydrogen-bond donors (Lipinski definition) is 0. The molecule has 0 unspecified atom stereocenters. The van der Waals surface area contributed by atoms with Crippen molar-refractivity contribution < 1.29 is 14.3 Å². The lowest BCUT2D eigenvalue weighted by Crippen LogP contribution is -2.46. The van der Waals surface area contributed by atoms with E-state index >= 15 is 0 Å². The van der Waals surface area contributed by atoms with Gasteiger partial charge in [-0.15, -0.1) is 0 Å². The number of hydrogen-bond acceptors (Lipinski definition) is 5. The Morgan fingerprint density at radius 3 is 2.50 bits per heavy atom. The molecule has 0 bridgehead atoms. The van der Waals surface area contributed by atoms with E-state index in [0.29, 0.717) is 13.2 Å². The molecule has 4 rings (SSSR count). The van der Waals surface area contributed by atoms with E-state index in [4.69, 9.17) is 9.47 Å². The van der Waals surface area contributed by atoms with E-state index in [1.54, 1.807) is 0 Å². The zero-order chi connectivity index (χ0) is 17.8. The molecular formula is C21H25N2O3. The van der Waals surface area contributed by atoms with Crippen LogP contribution >= 0.6 is 0 Å². The number of piperazine rings is 1. The van der Waals surface area contributed by atoms with Gasteiger partial charge in [0.1, 0.15) is 5.78 Å². The maximum absolute atomic E-state index is 12.0. The summed E-state index contributed by atoms with van der Waals surface area (Å²) in [6, 6.07) is 6.21. The van der Waals surface area contributed by atoms with Gasteiger partial charge in [0, 0.05) is 45.1 Å². The highest BCUT2D eigenvalue weighted by atomic mass is 16.7. The smallest absolute Gasteiger partial charge is 0.231 e. The molecule has 26 heavy (non-hydrogen) atoms. The number of carbonyl (C=O) groups excluding carboxylic acids is 1. The van der Waals surface area contributed by atoms with Crippen molar-refractivity contribution in [1.82, 2.24) is 9.80 Å². The first-order valence-corrected chi connectivity index (χ1v) is 9.36. The van der Waals surface area contributed by atoms with Gasteiger partial charge in [0.25, 0.3) is 0 Å². The third kappa shape index (κ3) is 4.38. The van der Waals surface area contributed by atoms with Crippen LogP contribution < -0.4 is 9.47 Å². The van der Waals surface area contributed by atoms with Crippen LogP contribution in [0.4, 0.5) is 0 Å². The standard InChI is InChI=1S/C21H25N2O3/c24-19(18-4-1-2-5-18)6-3-9-22-10-12-23(13-11-22)15-17-7-8-20-21(14-17)26-16-25-20/h1-2,4-5,7-8,14H,3,6,9-13,15-16H2. The second kappa shape index (κ2) is 8.40. The Balaban J connectivity index is 1.15. The van der Waals surface area contributed by atoms with Gasteiger partial charge in [-0.05, 0) is 56.3 Å². The predicted molar refractivity (Wildman–Crippen MR) is 99.0 cm³/mol. The molecule has 0 aromatic heterocycles. The van der Waals surface area contributed by atoms with Crippen molar-refractivity contribution >= 4 is 5.78 Å². The van der Waals surface area contributed by atoms with Crippen LogP contribution in [0.3, 0.4) is 0 Å². The van der Waals surface area contributed by atoms with Gasteiger partial charge < -0.3 is 14.4 Å². The van der Waals surface area contributed by atoms with E-state index in [1.165, 1.54) is 5.56 Å². The number of rotatable bonds is 7. The van der Waals surface area contributed by atoms with Gasteiger partial charge in [-0.25, -0.2) is 0 Å². The topological polar surface area (TPSA) is 42.0 Å². The quantitative estimate of drug-likeness (QED) is 0.752. The van der Waals surface area contributed by atoms with Crippen LogP contribution in [-0.4, -0.2) is 55.1 Å². The number of nitrogens with zero attached hydrogens (tertiary/aromatic N) is 2. The SMILES string of the molecule is O=C(CCCN1CCN(Cc2ccc3c(c2)OCO3)CC1)[C]1[CH][CH][CH][CH]1. The molecule has 0 amide bonds. The molecule has 1 aromatic carbocycles. The van der Waals surface area contributed by atoms with Gasteiger partial charge in [-0.2, -0.15) is 0 Å². The summed E-state index contributed by atoms with van der Waals surface area (Å²) in [5.74, 6) is 2.81. The molecular weight excluding hydrogens is 328 g/mol. The lowest BCUT2D eigenvalue weighted by molar-refractivity contribution is -0.116. The summed E-state index contributed by atoms with van der Waals surface area (Å²) < 4.78 is 10.8. The molecule has 5 nitrogen and oxygen atoms in total. The lowest BCUT2D eigenvalue weighted by atomic mass is 9.99. The van der Waals surface area contributed by atoms with Gasteiger partial charge in [0.15, 0.2) is 11.5 Å². The molecule has 137 valence electrons. The summed E-state index contributed by atoms with van der Waals surface area (Å²) in [7, 11) is 0. The number of ketones is 1. The first kappa shape index (κ1) is 17.8. The molecule has 3 aliphatic rings. The Bertz CT molecular complexity index is 620. The summed E-state index contributed by atoms with van der Waals surface area (Å²) in [4.78, 5) is 17.0. The first-order chi connectivity index (χ1) is 12.8. The van der Waals surface area contributed by atoms with E-state index in [-0.39, 0.29) is 5.78 Å². The minimum Gasteiger partial charge on any atom is -0.454 e. The van der Waals surface area contributed by atoms with Crippen LogP contribution in [-0.2, 0) is 11.3 Å². The van der Waals surface area contributed by atoms with Crippen molar-refractivity contribution in [2.24, 2.45) is 0 Å². The van der Waals surface area contributed by atoms with Crippen LogP contribution in [0.5, 0.6) is 11.5 Å². The van der Waals surface area contributed by atoms with Crippen molar-refractivity contribution in [3.05, 3.63) is 55.4 Å². The maximum Gasteiger partial charge on any atom is 0.231 e. The highest BCUT2D eigenvalue weighted by Gasteiger charge is 2.24. The van der Waals surface area contributed by atoms with Crippen LogP contribution in [0.25, 0.3) is 0 Å². The van der Waals surface area contributed by atoms with Gasteiger partial charge in [0.2, 0.25) is 6.79 Å². The summed E-state index contributed by atoms with van der Waals surface area (Å²) in [5, 5.41) is 0. The van der Waals surface area contributed by atoms with E-state index in [0.717, 1.165) is 63.1 Å². The number of carbonyl (C=O) groups is 1. The number of fused-ring (bicyclic) bond motifs is 1. The molecule has 1 aromatic rings. The predicted octanol–water partition coefficient (Wildman–Crippen LogP) is 2.29. The molecule has 0 N–H and O–H groups in total. The molecule has 2 fully saturated rings. The van der Waals surface area contributed by atoms with Crippen LogP contribution in [0.1, 0.15) is 18.4 Å². The second-order valence-corrected chi connectivity index (χ2v) is 7.01. The van der Waals surface area contributed by atoms with Crippen LogP contribution in [0.2, 0.25) is 0 Å². The molecule has 1 saturated heterocycles. The summed E-state index contributed by atoms with van der Waals surface area (Å²) in [6.45, 7) is 6.52. The second-order valence-electron chi connectivity index (χ2n) is 7.01. The molecule has 2 heterocycles. The normalized spacial score (nSPS) is 21.4. The Morgan fingerprint density at radius 2 is 1.69 bits per heavy atom. The first-order valence-electron chi connectivity index (χ1n) is 9.36. The highest BCUT2D eigenvalue weighted by molar-refractivity contribution is 5.97. The minimum atomic E-state index is 0.261. The molecule has 2 aliphatic heterocycles. The lowest BCUT2D eigenvalue weighted by Gasteiger charge is -2.34. The molecule has 0 atom stereocenters. The fraction of sp³-hybridized carbons (Fsp3) is 0.429. The van der Waals surface area contributed by atoms with Crippen molar-refractivity contribution in [3.8, 4) is 11.5 Å². The average molecular weight is 353 g/mol. The van der Waals surface area contributed by atoms with Crippen molar-refractivity contribution in [1.29, 1.82) is 0 Å². The highest BCUT2D eigenvalue weighted by Crippen LogP contribution is 2.32. The Kier molecular flexibility index (Phi) is 5.75. The Labute approximate surface area is 156 Å². The van der Waals surface area contributed by atoms with Gasteiger partial charge in [-0.3, -0.25) is 9.69 Å². The molecule has 5 radical (unpaired) electrons. The van der Waals surface area contributed by atoms with Crippen LogP contribution in [0.15, 0.2) is 18.2 Å². The monoisotopic (exact) mass is 353 g/mol. The Morgan fingerprint density at radius 1 is 0.962 bits per heavy atom. The molecule has 0 spiro atoms. The third-order valence-corrected chi connectivity index (χ3v) is 5.17. The van der Waals surface area contributed by atoms with E-state index < -0.39 is 0 Å². The number of ether oxygens (including phenoxy) is 2. The van der Waals surface area contributed by atoms with E-state index in [2.05, 4.69) is 21.9 Å². The Hall–Kier alpha value is -1.59. The fourth-order valence-corrected chi connectivity index (χ4v) is 3.64. The van der Waals surface area contributed by atoms with Crippen molar-refractivity contribution in [3.63, 3.8) is 0 Å². The summed E-state index contributed by atoms with van der Waals surface area (Å²) in [5.41, 5.74) is 1.27. The van der Waals surface area contributed by atoms with Gasteiger partial charge in [-0.1, -0.05) is 6.07 Å². The molecule has 5 heteroatoms. The number of Topliss-reactive ketones (excluding diaryl/α,β-unsaturated/α-hetero) is 1. The maximum atomic E-state index is 12.0. The van der Waals surface area contributed by atoms with Crippen molar-refractivity contribution in [2.45, 2.75) is 19.4 Å². The molecule has 1 saturated carbocycles. The third-order valence-electron chi connectivity index (χ3n) is 5.17. The summed E-state index contributed by atoms with van der Waals surface area (Å²) in [6.07, 6.45) is 9.22. The largest absolute Gasteiger partial charge is 0.454 e. The van der Waals surface area contributed by atoms with Gasteiger partial charge >= 0.3 is 0 Å². The van der Waals surface area contributed by atoms with Crippen molar-refractivity contribution in [2.75, 3.05) is 39.5 Å². The molecule has 1 aliphatic carbocycles. The van der Waals surface area contributed by atoms with E-state index in [1.807, 2.05) is 31.7 Å². The van der Waals surface area contributed by atoms with Crippen LogP contribution in [0, 0.1) is 31.6 Å². The average Bonchev–Trinajstić information content (AvgIpc) is 3.34. The zero-order valence-electron chi connectivity index (χ0n) is 15.0. The number of benzene rings is 1. The van der Waals surface area contributed by atoms with Gasteiger partial charge in [0.05, 0.1) is 0 Å². The fourth-order valence-electron chi connectivity index (χ4n) is 3.64.